The molecule has 2 aromatic rings. The first-order valence-electron chi connectivity index (χ1n) is 5.44. The Hall–Kier alpha value is -1.47. The molecule has 0 saturated heterocycles. The minimum Gasteiger partial charge on any atom is -0.463 e. The number of thiazole rings is 1. The molecule has 2 rings (SSSR count). The SMILES string of the molecule is CCCOc1nc(Cl)nc(NCc2nccs2)n1. The number of nitrogens with zero attached hydrogens (tertiary/aromatic N) is 4. The Labute approximate surface area is 113 Å². The lowest BCUT2D eigenvalue weighted by molar-refractivity contribution is 0.291. The van der Waals surface area contributed by atoms with Crippen LogP contribution < -0.4 is 10.1 Å². The van der Waals surface area contributed by atoms with Crippen LogP contribution in [0, 0.1) is 0 Å². The van der Waals surface area contributed by atoms with Crippen molar-refractivity contribution in [3.05, 3.63) is 21.9 Å². The second-order valence-electron chi connectivity index (χ2n) is 3.34. The number of nitrogens with one attached hydrogen (secondary N) is 1. The summed E-state index contributed by atoms with van der Waals surface area (Å²) in [6.07, 6.45) is 2.63. The van der Waals surface area contributed by atoms with Crippen molar-refractivity contribution in [2.45, 2.75) is 19.9 Å². The zero-order chi connectivity index (χ0) is 12.8. The predicted octanol–water partition coefficient (Wildman–Crippen LogP) is 2.38. The van der Waals surface area contributed by atoms with Crippen molar-refractivity contribution in [2.24, 2.45) is 0 Å². The van der Waals surface area contributed by atoms with Crippen LogP contribution in [0.5, 0.6) is 6.01 Å². The minimum atomic E-state index is 0.109. The standard InChI is InChI=1S/C10H12ClN5OS/c1-2-4-17-10-15-8(11)14-9(16-10)13-6-7-12-3-5-18-7/h3,5H,2,4,6H2,1H3,(H,13,14,15,16). The summed E-state index contributed by atoms with van der Waals surface area (Å²) in [7, 11) is 0. The highest BCUT2D eigenvalue weighted by atomic mass is 35.5. The molecule has 0 aliphatic rings. The van der Waals surface area contributed by atoms with Gasteiger partial charge in [0.05, 0.1) is 13.2 Å². The van der Waals surface area contributed by atoms with Gasteiger partial charge in [-0.25, -0.2) is 4.98 Å². The highest BCUT2D eigenvalue weighted by molar-refractivity contribution is 7.09. The predicted molar refractivity (Wildman–Crippen MR) is 70.1 cm³/mol. The normalized spacial score (nSPS) is 10.3. The quantitative estimate of drug-likeness (QED) is 0.878. The fourth-order valence-electron chi connectivity index (χ4n) is 1.16. The molecule has 0 spiro atoms. The lowest BCUT2D eigenvalue weighted by Crippen LogP contribution is -2.07. The Morgan fingerprint density at radius 2 is 2.28 bits per heavy atom. The van der Waals surface area contributed by atoms with Crippen LogP contribution in [-0.2, 0) is 6.54 Å². The topological polar surface area (TPSA) is 72.8 Å². The summed E-state index contributed by atoms with van der Waals surface area (Å²) in [4.78, 5) is 16.1. The van der Waals surface area contributed by atoms with E-state index in [1.165, 1.54) is 0 Å². The lowest BCUT2D eigenvalue weighted by Gasteiger charge is -2.06. The highest BCUT2D eigenvalue weighted by Gasteiger charge is 2.06. The molecule has 0 radical (unpaired) electrons. The minimum absolute atomic E-state index is 0.109. The number of aromatic nitrogens is 4. The van der Waals surface area contributed by atoms with Crippen molar-refractivity contribution in [1.82, 2.24) is 19.9 Å². The van der Waals surface area contributed by atoms with Gasteiger partial charge in [0, 0.05) is 11.6 Å². The van der Waals surface area contributed by atoms with E-state index in [-0.39, 0.29) is 11.3 Å². The number of halogens is 1. The Morgan fingerprint density at radius 1 is 1.39 bits per heavy atom. The summed E-state index contributed by atoms with van der Waals surface area (Å²) >= 11 is 7.35. The van der Waals surface area contributed by atoms with E-state index < -0.39 is 0 Å². The first-order chi connectivity index (χ1) is 8.78. The molecule has 0 unspecified atom stereocenters. The number of ether oxygens (including phenoxy) is 1. The van der Waals surface area contributed by atoms with Gasteiger partial charge in [-0.15, -0.1) is 11.3 Å². The van der Waals surface area contributed by atoms with Crippen molar-refractivity contribution >= 4 is 28.9 Å². The average molecular weight is 286 g/mol. The van der Waals surface area contributed by atoms with E-state index >= 15 is 0 Å². The van der Waals surface area contributed by atoms with Crippen molar-refractivity contribution in [1.29, 1.82) is 0 Å². The van der Waals surface area contributed by atoms with Gasteiger partial charge in [-0.1, -0.05) is 6.92 Å². The van der Waals surface area contributed by atoms with Gasteiger partial charge in [0.15, 0.2) is 0 Å². The first-order valence-corrected chi connectivity index (χ1v) is 6.70. The summed E-state index contributed by atoms with van der Waals surface area (Å²) in [5, 5.41) is 5.99. The van der Waals surface area contributed by atoms with Gasteiger partial charge in [-0.2, -0.15) is 15.0 Å². The molecule has 0 aliphatic carbocycles. The fraction of sp³-hybridized carbons (Fsp3) is 0.400. The molecule has 0 saturated carbocycles. The molecule has 18 heavy (non-hydrogen) atoms. The highest BCUT2D eigenvalue weighted by Crippen LogP contribution is 2.13. The van der Waals surface area contributed by atoms with Crippen molar-refractivity contribution in [3.8, 4) is 6.01 Å². The first kappa shape index (κ1) is 13.0. The van der Waals surface area contributed by atoms with Gasteiger partial charge in [0.2, 0.25) is 11.2 Å². The smallest absolute Gasteiger partial charge is 0.322 e. The van der Waals surface area contributed by atoms with Crippen LogP contribution >= 0.6 is 22.9 Å². The maximum Gasteiger partial charge on any atom is 0.322 e. The van der Waals surface area contributed by atoms with Crippen LogP contribution in [0.2, 0.25) is 5.28 Å². The van der Waals surface area contributed by atoms with Gasteiger partial charge in [0.25, 0.3) is 0 Å². The van der Waals surface area contributed by atoms with Crippen LogP contribution in [0.15, 0.2) is 11.6 Å². The van der Waals surface area contributed by atoms with Crippen LogP contribution in [0.3, 0.4) is 0 Å². The lowest BCUT2D eigenvalue weighted by atomic mass is 10.5. The maximum absolute atomic E-state index is 5.79. The van der Waals surface area contributed by atoms with E-state index in [2.05, 4.69) is 25.3 Å². The van der Waals surface area contributed by atoms with Crippen LogP contribution in [-0.4, -0.2) is 26.5 Å². The number of hydrogen-bond acceptors (Lipinski definition) is 7. The van der Waals surface area contributed by atoms with Gasteiger partial charge in [-0.05, 0) is 18.0 Å². The molecule has 0 aliphatic heterocycles. The van der Waals surface area contributed by atoms with E-state index in [0.29, 0.717) is 19.1 Å². The molecule has 0 bridgehead atoms. The van der Waals surface area contributed by atoms with Gasteiger partial charge < -0.3 is 10.1 Å². The third-order valence-corrected chi connectivity index (χ3v) is 2.85. The van der Waals surface area contributed by atoms with Crippen molar-refractivity contribution < 1.29 is 4.74 Å². The molecule has 8 heteroatoms. The summed E-state index contributed by atoms with van der Waals surface area (Å²) in [5.74, 6) is 0.385. The average Bonchev–Trinajstić information content (AvgIpc) is 2.86. The van der Waals surface area contributed by atoms with Gasteiger partial charge >= 0.3 is 6.01 Å². The molecular formula is C10H12ClN5OS. The second kappa shape index (κ2) is 6.46. The molecular weight excluding hydrogens is 274 g/mol. The maximum atomic E-state index is 5.79. The molecule has 0 aromatic carbocycles. The molecule has 2 aromatic heterocycles. The van der Waals surface area contributed by atoms with Crippen LogP contribution in [0.1, 0.15) is 18.4 Å². The Kier molecular flexibility index (Phi) is 4.66. The fourth-order valence-corrected chi connectivity index (χ4v) is 1.87. The van der Waals surface area contributed by atoms with Crippen LogP contribution in [0.25, 0.3) is 0 Å². The van der Waals surface area contributed by atoms with Gasteiger partial charge in [-0.3, -0.25) is 0 Å². The zero-order valence-corrected chi connectivity index (χ0v) is 11.3. The van der Waals surface area contributed by atoms with Crippen molar-refractivity contribution in [3.63, 3.8) is 0 Å². The van der Waals surface area contributed by atoms with E-state index in [1.807, 2.05) is 12.3 Å². The van der Waals surface area contributed by atoms with Gasteiger partial charge in [0.1, 0.15) is 5.01 Å². The Bertz CT molecular complexity index is 493. The molecule has 6 nitrogen and oxygen atoms in total. The summed E-state index contributed by atoms with van der Waals surface area (Å²) in [5.41, 5.74) is 0. The molecule has 0 atom stereocenters. The molecule has 96 valence electrons. The molecule has 0 amide bonds. The molecule has 2 heterocycles. The van der Waals surface area contributed by atoms with E-state index in [4.69, 9.17) is 16.3 Å². The van der Waals surface area contributed by atoms with E-state index in [9.17, 15) is 0 Å². The van der Waals surface area contributed by atoms with E-state index in [0.717, 1.165) is 11.4 Å². The number of hydrogen-bond donors (Lipinski definition) is 1. The van der Waals surface area contributed by atoms with E-state index in [1.54, 1.807) is 17.5 Å². The Morgan fingerprint density at radius 3 is 3.00 bits per heavy atom. The number of anilines is 1. The second-order valence-corrected chi connectivity index (χ2v) is 4.66. The zero-order valence-electron chi connectivity index (χ0n) is 9.76. The molecule has 0 fully saturated rings. The largest absolute Gasteiger partial charge is 0.463 e. The monoisotopic (exact) mass is 285 g/mol. The summed E-state index contributed by atoms with van der Waals surface area (Å²) in [6, 6.07) is 0.235. The third-order valence-electron chi connectivity index (χ3n) is 1.90. The number of rotatable bonds is 6. The summed E-state index contributed by atoms with van der Waals surface area (Å²) in [6.45, 7) is 3.10. The van der Waals surface area contributed by atoms with Crippen molar-refractivity contribution in [2.75, 3.05) is 11.9 Å². The van der Waals surface area contributed by atoms with Crippen LogP contribution in [0.4, 0.5) is 5.95 Å². The Balaban J connectivity index is 2.00. The summed E-state index contributed by atoms with van der Waals surface area (Å²) < 4.78 is 5.31. The molecule has 1 N–H and O–H groups in total. The third kappa shape index (κ3) is 3.78.